The number of pyridine rings is 1. The molecule has 0 fully saturated rings. The maximum absolute atomic E-state index is 5.74. The molecule has 0 saturated heterocycles. The van der Waals surface area contributed by atoms with Crippen LogP contribution in [0.15, 0.2) is 24.5 Å². The Morgan fingerprint density at radius 2 is 2.27 bits per heavy atom. The summed E-state index contributed by atoms with van der Waals surface area (Å²) >= 11 is 0. The van der Waals surface area contributed by atoms with Crippen molar-refractivity contribution in [1.29, 1.82) is 0 Å². The number of nitrogens with zero attached hydrogens (tertiary/aromatic N) is 1. The van der Waals surface area contributed by atoms with Crippen LogP contribution in [0, 0.1) is 5.41 Å². The number of hydrogen-bond acceptors (Lipinski definition) is 3. The third kappa shape index (κ3) is 3.61. The molecule has 3 nitrogen and oxygen atoms in total. The molecule has 0 aromatic carbocycles. The number of nitrogens with two attached hydrogens (primary N) is 1. The lowest BCUT2D eigenvalue weighted by atomic mass is 9.84. The van der Waals surface area contributed by atoms with Crippen molar-refractivity contribution in [2.75, 3.05) is 13.6 Å². The van der Waals surface area contributed by atoms with Gasteiger partial charge in [0.2, 0.25) is 0 Å². The number of nitrogens with one attached hydrogen (secondary N) is 1. The van der Waals surface area contributed by atoms with Gasteiger partial charge in [0, 0.05) is 18.4 Å². The van der Waals surface area contributed by atoms with Crippen LogP contribution in [0.4, 0.5) is 0 Å². The van der Waals surface area contributed by atoms with Gasteiger partial charge in [-0.3, -0.25) is 4.98 Å². The smallest absolute Gasteiger partial charge is 0.0338 e. The molecule has 15 heavy (non-hydrogen) atoms. The molecule has 0 aliphatic heterocycles. The summed E-state index contributed by atoms with van der Waals surface area (Å²) in [5.74, 6) is 0. The van der Waals surface area contributed by atoms with Gasteiger partial charge in [0.05, 0.1) is 0 Å². The van der Waals surface area contributed by atoms with E-state index < -0.39 is 0 Å². The molecule has 0 bridgehead atoms. The van der Waals surface area contributed by atoms with E-state index in [0.717, 1.165) is 6.42 Å². The summed E-state index contributed by atoms with van der Waals surface area (Å²) in [5, 5.41) is 3.31. The predicted molar refractivity (Wildman–Crippen MR) is 63.5 cm³/mol. The van der Waals surface area contributed by atoms with Gasteiger partial charge < -0.3 is 11.1 Å². The Hall–Kier alpha value is -0.930. The maximum Gasteiger partial charge on any atom is 0.0338 e. The second-order valence-corrected chi connectivity index (χ2v) is 4.70. The average Bonchev–Trinajstić information content (AvgIpc) is 2.27. The van der Waals surface area contributed by atoms with E-state index in [1.165, 1.54) is 5.56 Å². The third-order valence-electron chi connectivity index (χ3n) is 2.74. The summed E-state index contributed by atoms with van der Waals surface area (Å²) in [7, 11) is 1.98. The predicted octanol–water partition coefficient (Wildman–Crippen LogP) is 1.72. The van der Waals surface area contributed by atoms with E-state index in [2.05, 4.69) is 30.2 Å². The molecular weight excluding hydrogens is 186 g/mol. The number of aromatic nitrogens is 1. The number of hydrogen-bond donors (Lipinski definition) is 2. The topological polar surface area (TPSA) is 50.9 Å². The summed E-state index contributed by atoms with van der Waals surface area (Å²) in [6.07, 6.45) is 4.73. The Bertz CT molecular complexity index is 282. The van der Waals surface area contributed by atoms with Gasteiger partial charge >= 0.3 is 0 Å². The lowest BCUT2D eigenvalue weighted by Gasteiger charge is -2.28. The Kier molecular flexibility index (Phi) is 4.24. The Morgan fingerprint density at radius 3 is 2.73 bits per heavy atom. The van der Waals surface area contributed by atoms with Gasteiger partial charge in [0.1, 0.15) is 0 Å². The second-order valence-electron chi connectivity index (χ2n) is 4.70. The quantitative estimate of drug-likeness (QED) is 0.773. The summed E-state index contributed by atoms with van der Waals surface area (Å²) in [6, 6.07) is 4.40. The Morgan fingerprint density at radius 1 is 1.53 bits per heavy atom. The van der Waals surface area contributed by atoms with Crippen LogP contribution in [-0.4, -0.2) is 18.6 Å². The van der Waals surface area contributed by atoms with E-state index in [1.54, 1.807) is 6.20 Å². The first-order valence-electron chi connectivity index (χ1n) is 5.36. The van der Waals surface area contributed by atoms with Gasteiger partial charge in [-0.1, -0.05) is 19.9 Å². The van der Waals surface area contributed by atoms with Crippen molar-refractivity contribution >= 4 is 0 Å². The Labute approximate surface area is 92.1 Å². The zero-order valence-corrected chi connectivity index (χ0v) is 9.83. The minimum absolute atomic E-state index is 0.156. The largest absolute Gasteiger partial charge is 0.330 e. The average molecular weight is 207 g/mol. The monoisotopic (exact) mass is 207 g/mol. The van der Waals surface area contributed by atoms with Crippen molar-refractivity contribution < 1.29 is 0 Å². The van der Waals surface area contributed by atoms with Crippen molar-refractivity contribution in [2.45, 2.75) is 26.3 Å². The fourth-order valence-corrected chi connectivity index (χ4v) is 1.60. The van der Waals surface area contributed by atoms with Crippen LogP contribution < -0.4 is 11.1 Å². The van der Waals surface area contributed by atoms with Crippen molar-refractivity contribution in [3.8, 4) is 0 Å². The van der Waals surface area contributed by atoms with Gasteiger partial charge in [0.15, 0.2) is 0 Å². The lowest BCUT2D eigenvalue weighted by Crippen LogP contribution is -2.30. The molecule has 1 heterocycles. The highest BCUT2D eigenvalue weighted by molar-refractivity contribution is 5.14. The first-order valence-corrected chi connectivity index (χ1v) is 5.36. The van der Waals surface area contributed by atoms with Crippen molar-refractivity contribution in [3.05, 3.63) is 30.1 Å². The molecule has 0 aliphatic carbocycles. The standard InChI is InChI=1S/C12H21N3/c1-12(2,9-13)7-11(14-3)10-5-4-6-15-8-10/h4-6,8,11,14H,7,9,13H2,1-3H3. The molecule has 3 heteroatoms. The van der Waals surface area contributed by atoms with E-state index in [4.69, 9.17) is 5.73 Å². The molecule has 1 aromatic rings. The van der Waals surface area contributed by atoms with Crippen LogP contribution in [0.5, 0.6) is 0 Å². The molecule has 0 aliphatic rings. The van der Waals surface area contributed by atoms with Crippen LogP contribution in [0.2, 0.25) is 0 Å². The van der Waals surface area contributed by atoms with Crippen LogP contribution in [0.1, 0.15) is 31.9 Å². The minimum atomic E-state index is 0.156. The summed E-state index contributed by atoms with van der Waals surface area (Å²) in [6.45, 7) is 5.08. The number of rotatable bonds is 5. The fourth-order valence-electron chi connectivity index (χ4n) is 1.60. The summed E-state index contributed by atoms with van der Waals surface area (Å²) in [5.41, 5.74) is 7.12. The molecule has 0 saturated carbocycles. The van der Waals surface area contributed by atoms with Gasteiger partial charge in [-0.05, 0) is 37.1 Å². The normalized spacial score (nSPS) is 13.9. The van der Waals surface area contributed by atoms with E-state index in [0.29, 0.717) is 12.6 Å². The molecule has 1 aromatic heterocycles. The SMILES string of the molecule is CNC(CC(C)(C)CN)c1cccnc1. The van der Waals surface area contributed by atoms with Crippen LogP contribution in [0.3, 0.4) is 0 Å². The molecule has 1 atom stereocenters. The zero-order valence-electron chi connectivity index (χ0n) is 9.83. The fraction of sp³-hybridized carbons (Fsp3) is 0.583. The summed E-state index contributed by atoms with van der Waals surface area (Å²) < 4.78 is 0. The van der Waals surface area contributed by atoms with Crippen molar-refractivity contribution in [3.63, 3.8) is 0 Å². The molecule has 3 N–H and O–H groups in total. The van der Waals surface area contributed by atoms with E-state index in [-0.39, 0.29) is 5.41 Å². The lowest BCUT2D eigenvalue weighted by molar-refractivity contribution is 0.298. The van der Waals surface area contributed by atoms with Crippen LogP contribution >= 0.6 is 0 Å². The van der Waals surface area contributed by atoms with Crippen molar-refractivity contribution in [2.24, 2.45) is 11.1 Å². The minimum Gasteiger partial charge on any atom is -0.330 e. The van der Waals surface area contributed by atoms with Gasteiger partial charge in [-0.2, -0.15) is 0 Å². The highest BCUT2D eigenvalue weighted by atomic mass is 14.9. The van der Waals surface area contributed by atoms with E-state index in [9.17, 15) is 0 Å². The molecule has 1 unspecified atom stereocenters. The van der Waals surface area contributed by atoms with Gasteiger partial charge in [-0.25, -0.2) is 0 Å². The van der Waals surface area contributed by atoms with Crippen molar-refractivity contribution in [1.82, 2.24) is 10.3 Å². The van der Waals surface area contributed by atoms with Gasteiger partial charge in [-0.15, -0.1) is 0 Å². The molecule has 0 radical (unpaired) electrons. The molecule has 0 spiro atoms. The first kappa shape index (κ1) is 12.1. The third-order valence-corrected chi connectivity index (χ3v) is 2.74. The van der Waals surface area contributed by atoms with Crippen LogP contribution in [0.25, 0.3) is 0 Å². The molecule has 84 valence electrons. The van der Waals surface area contributed by atoms with Crippen LogP contribution in [-0.2, 0) is 0 Å². The highest BCUT2D eigenvalue weighted by Gasteiger charge is 2.21. The molecule has 1 rings (SSSR count). The maximum atomic E-state index is 5.74. The molecule has 0 amide bonds. The first-order chi connectivity index (χ1) is 7.09. The van der Waals surface area contributed by atoms with E-state index in [1.807, 2.05) is 19.3 Å². The summed E-state index contributed by atoms with van der Waals surface area (Å²) in [4.78, 5) is 4.14. The van der Waals surface area contributed by atoms with E-state index >= 15 is 0 Å². The second kappa shape index (κ2) is 5.24. The highest BCUT2D eigenvalue weighted by Crippen LogP contribution is 2.28. The Balaban J connectivity index is 2.73. The molecular formula is C12H21N3. The van der Waals surface area contributed by atoms with Gasteiger partial charge in [0.25, 0.3) is 0 Å². The zero-order chi connectivity index (χ0) is 11.3.